The molecule has 0 aliphatic carbocycles. The van der Waals surface area contributed by atoms with Crippen molar-refractivity contribution in [3.8, 4) is 11.1 Å². The number of fused-ring (bicyclic) bond motifs is 1. The maximum absolute atomic E-state index is 14.8. The van der Waals surface area contributed by atoms with Gasteiger partial charge >= 0.3 is 5.97 Å². The van der Waals surface area contributed by atoms with Crippen molar-refractivity contribution in [2.24, 2.45) is 5.92 Å². The van der Waals surface area contributed by atoms with E-state index in [0.717, 1.165) is 0 Å². The number of nitrogens with zero attached hydrogens (tertiary/aromatic N) is 2. The van der Waals surface area contributed by atoms with Gasteiger partial charge in [-0.1, -0.05) is 43.4 Å². The molecule has 2 N–H and O–H groups in total. The molecule has 0 aliphatic heterocycles. The van der Waals surface area contributed by atoms with Crippen LogP contribution in [0.25, 0.3) is 21.3 Å². The monoisotopic (exact) mass is 495 g/mol. The lowest BCUT2D eigenvalue weighted by Gasteiger charge is -2.27. The molecule has 180 valence electrons. The fourth-order valence-electron chi connectivity index (χ4n) is 3.90. The summed E-state index contributed by atoms with van der Waals surface area (Å²) in [5, 5.41) is 12.8. The zero-order valence-electron chi connectivity index (χ0n) is 19.3. The molecular weight excluding hydrogens is 472 g/mol. The first-order valence-electron chi connectivity index (χ1n) is 10.9. The summed E-state index contributed by atoms with van der Waals surface area (Å²) < 4.78 is 28.9. The maximum Gasteiger partial charge on any atom is 0.326 e. The van der Waals surface area contributed by atoms with Crippen molar-refractivity contribution in [2.75, 3.05) is 12.4 Å². The normalized spacial score (nSPS) is 12.1. The number of hydrogen-bond donors (Lipinski definition) is 2. The number of aliphatic carboxylic acids is 1. The minimum Gasteiger partial charge on any atom is -0.480 e. The highest BCUT2D eigenvalue weighted by molar-refractivity contribution is 7.22. The van der Waals surface area contributed by atoms with E-state index in [2.05, 4.69) is 10.3 Å². The Bertz CT molecular complexity index is 1400. The van der Waals surface area contributed by atoms with Crippen molar-refractivity contribution >= 4 is 44.2 Å². The molecule has 0 spiro atoms. The number of rotatable bonds is 7. The van der Waals surface area contributed by atoms with E-state index in [-0.39, 0.29) is 17.4 Å². The van der Waals surface area contributed by atoms with Crippen LogP contribution in [-0.4, -0.2) is 40.0 Å². The average Bonchev–Trinajstić information content (AvgIpc) is 3.21. The number of thiazole rings is 1. The van der Waals surface area contributed by atoms with Gasteiger partial charge in [0.25, 0.3) is 5.91 Å². The van der Waals surface area contributed by atoms with Gasteiger partial charge in [-0.25, -0.2) is 18.6 Å². The highest BCUT2D eigenvalue weighted by Crippen LogP contribution is 2.31. The summed E-state index contributed by atoms with van der Waals surface area (Å²) in [6, 6.07) is 14.6. The third-order valence-electron chi connectivity index (χ3n) is 5.65. The summed E-state index contributed by atoms with van der Waals surface area (Å²) in [5.74, 6) is -2.56. The fraction of sp³-hybridized carbons (Fsp3) is 0.192. The Morgan fingerprint density at radius 3 is 2.31 bits per heavy atom. The van der Waals surface area contributed by atoms with Gasteiger partial charge in [0.05, 0.1) is 15.9 Å². The first-order valence-corrected chi connectivity index (χ1v) is 11.7. The van der Waals surface area contributed by atoms with Gasteiger partial charge in [-0.2, -0.15) is 0 Å². The topological polar surface area (TPSA) is 82.5 Å². The van der Waals surface area contributed by atoms with Crippen molar-refractivity contribution in [1.82, 2.24) is 9.88 Å². The van der Waals surface area contributed by atoms with Crippen LogP contribution in [0.1, 0.15) is 24.2 Å². The summed E-state index contributed by atoms with van der Waals surface area (Å²) in [4.78, 5) is 29.9. The van der Waals surface area contributed by atoms with Crippen molar-refractivity contribution < 1.29 is 23.5 Å². The van der Waals surface area contributed by atoms with Gasteiger partial charge in [-0.15, -0.1) is 0 Å². The molecule has 3 aromatic carbocycles. The molecule has 4 aromatic rings. The second-order valence-electron chi connectivity index (χ2n) is 8.47. The molecule has 0 fully saturated rings. The predicted molar refractivity (Wildman–Crippen MR) is 133 cm³/mol. The quantitative estimate of drug-likeness (QED) is 0.321. The first-order chi connectivity index (χ1) is 16.6. The number of halogens is 2. The Balaban J connectivity index is 1.51. The molecule has 0 aliphatic rings. The minimum atomic E-state index is -1.06. The van der Waals surface area contributed by atoms with Gasteiger partial charge in [0.2, 0.25) is 0 Å². The number of carbonyl (C=O) groups excluding carboxylic acids is 1. The van der Waals surface area contributed by atoms with E-state index >= 15 is 0 Å². The Labute approximate surface area is 204 Å². The third kappa shape index (κ3) is 5.14. The smallest absolute Gasteiger partial charge is 0.326 e. The van der Waals surface area contributed by atoms with Crippen LogP contribution in [0.15, 0.2) is 60.7 Å². The largest absolute Gasteiger partial charge is 0.480 e. The summed E-state index contributed by atoms with van der Waals surface area (Å²) in [6.45, 7) is 3.49. The van der Waals surface area contributed by atoms with Crippen LogP contribution in [0.3, 0.4) is 0 Å². The average molecular weight is 496 g/mol. The number of carbonyl (C=O) groups is 2. The summed E-state index contributed by atoms with van der Waals surface area (Å²) in [6.07, 6.45) is 0. The maximum atomic E-state index is 14.8. The zero-order chi connectivity index (χ0) is 25.3. The number of carboxylic acids is 1. The molecule has 0 radical (unpaired) electrons. The number of carboxylic acid groups (broad SMARTS) is 1. The van der Waals surface area contributed by atoms with Crippen LogP contribution >= 0.6 is 11.3 Å². The molecule has 6 nitrogen and oxygen atoms in total. The molecular formula is C26H23F2N3O3S. The highest BCUT2D eigenvalue weighted by atomic mass is 32.1. The molecule has 0 saturated carbocycles. The summed E-state index contributed by atoms with van der Waals surface area (Å²) >= 11 is 1.23. The number of benzene rings is 3. The number of hydrogen-bond acceptors (Lipinski definition) is 5. The second kappa shape index (κ2) is 9.79. The van der Waals surface area contributed by atoms with E-state index in [1.54, 1.807) is 56.3 Å². The second-order valence-corrected chi connectivity index (χ2v) is 9.50. The van der Waals surface area contributed by atoms with Crippen LogP contribution < -0.4 is 5.32 Å². The molecule has 1 heterocycles. The number of nitrogens with one attached hydrogen (secondary N) is 1. The Kier molecular flexibility index (Phi) is 6.79. The van der Waals surface area contributed by atoms with Crippen molar-refractivity contribution in [1.29, 1.82) is 0 Å². The molecule has 0 bridgehead atoms. The van der Waals surface area contributed by atoms with E-state index in [0.29, 0.717) is 32.0 Å². The number of amides is 1. The molecule has 0 saturated heterocycles. The predicted octanol–water partition coefficient (Wildman–Crippen LogP) is 6.17. The lowest BCUT2D eigenvalue weighted by molar-refractivity contribution is -0.143. The lowest BCUT2D eigenvalue weighted by Crippen LogP contribution is -2.45. The van der Waals surface area contributed by atoms with Crippen LogP contribution in [0.4, 0.5) is 19.6 Å². The van der Waals surface area contributed by atoms with Gasteiger partial charge in [-0.3, -0.25) is 4.79 Å². The SMILES string of the molecule is CC(C)[C@@H](C(=O)O)N(C)C(=O)c1ccc(-c2ccc(Nc3nc4ccc(F)cc4s3)c(F)c2)cc1. The van der Waals surface area contributed by atoms with Crippen LogP contribution in [0, 0.1) is 17.6 Å². The van der Waals surface area contributed by atoms with Gasteiger partial charge in [0, 0.05) is 12.6 Å². The fourth-order valence-corrected chi connectivity index (χ4v) is 4.80. The molecule has 4 rings (SSSR count). The van der Waals surface area contributed by atoms with E-state index in [4.69, 9.17) is 0 Å². The molecule has 1 aromatic heterocycles. The van der Waals surface area contributed by atoms with Gasteiger partial charge in [0.1, 0.15) is 17.7 Å². The van der Waals surface area contributed by atoms with Gasteiger partial charge < -0.3 is 15.3 Å². The Morgan fingerprint density at radius 2 is 1.69 bits per heavy atom. The molecule has 9 heteroatoms. The van der Waals surface area contributed by atoms with Crippen LogP contribution in [0.5, 0.6) is 0 Å². The van der Waals surface area contributed by atoms with E-state index in [1.165, 1.54) is 41.5 Å². The van der Waals surface area contributed by atoms with E-state index < -0.39 is 23.7 Å². The number of aromatic nitrogens is 1. The van der Waals surface area contributed by atoms with Crippen molar-refractivity contribution in [2.45, 2.75) is 19.9 Å². The zero-order valence-corrected chi connectivity index (χ0v) is 20.1. The lowest BCUT2D eigenvalue weighted by atomic mass is 10.0. The van der Waals surface area contributed by atoms with Crippen molar-refractivity contribution in [3.05, 3.63) is 77.9 Å². The van der Waals surface area contributed by atoms with Crippen LogP contribution in [0.2, 0.25) is 0 Å². The van der Waals surface area contributed by atoms with Gasteiger partial charge in [-0.05, 0) is 59.5 Å². The molecule has 1 atom stereocenters. The molecule has 35 heavy (non-hydrogen) atoms. The van der Waals surface area contributed by atoms with E-state index in [9.17, 15) is 23.5 Å². The van der Waals surface area contributed by atoms with Crippen LogP contribution in [-0.2, 0) is 4.79 Å². The number of likely N-dealkylation sites (N-methyl/N-ethyl adjacent to an activating group) is 1. The standard InChI is InChI=1S/C26H23F2N3O3S/c1-14(2)23(25(33)34)31(3)24(32)16-6-4-15(5-7-16)17-8-10-20(19(28)12-17)29-26-30-21-11-9-18(27)13-22(21)35-26/h4-14,23H,1-3H3,(H,29,30)(H,33,34)/t23-/m0/s1. The Hall–Kier alpha value is -3.85. The summed E-state index contributed by atoms with van der Waals surface area (Å²) in [7, 11) is 1.47. The minimum absolute atomic E-state index is 0.232. The van der Waals surface area contributed by atoms with Crippen molar-refractivity contribution in [3.63, 3.8) is 0 Å². The Morgan fingerprint density at radius 1 is 1.00 bits per heavy atom. The summed E-state index contributed by atoms with van der Waals surface area (Å²) in [5.41, 5.74) is 2.50. The third-order valence-corrected chi connectivity index (χ3v) is 6.58. The van der Waals surface area contributed by atoms with E-state index in [1.807, 2.05) is 0 Å². The van der Waals surface area contributed by atoms with Gasteiger partial charge in [0.15, 0.2) is 5.13 Å². The molecule has 1 amide bonds. The molecule has 0 unspecified atom stereocenters. The first kappa shape index (κ1) is 24.3. The highest BCUT2D eigenvalue weighted by Gasteiger charge is 2.30. The number of anilines is 2.